The van der Waals surface area contributed by atoms with Crippen LogP contribution >= 0.6 is 0 Å². The lowest BCUT2D eigenvalue weighted by atomic mass is 10.1. The van der Waals surface area contributed by atoms with E-state index in [-0.39, 0.29) is 4.90 Å². The summed E-state index contributed by atoms with van der Waals surface area (Å²) < 4.78 is 25.0. The Hall–Kier alpha value is -4.56. The van der Waals surface area contributed by atoms with Crippen molar-refractivity contribution in [1.29, 1.82) is 0 Å². The predicted octanol–water partition coefficient (Wildman–Crippen LogP) is 4.89. The van der Waals surface area contributed by atoms with E-state index in [4.69, 9.17) is 5.73 Å². The molecule has 0 radical (unpaired) electrons. The Morgan fingerprint density at radius 3 is 2.38 bits per heavy atom. The maximum absolute atomic E-state index is 12.5. The van der Waals surface area contributed by atoms with E-state index in [9.17, 15) is 13.2 Å². The first kappa shape index (κ1) is 24.1. The van der Waals surface area contributed by atoms with Gasteiger partial charge in [-0.3, -0.25) is 14.8 Å². The zero-order chi connectivity index (χ0) is 25.8. The SMILES string of the molecule is NC(=O)CS(=O)(=O)c1cccc(-c2cc3cccc(N(Cc4ccccn4)c4ccccc4)c3cn2)c1. The summed E-state index contributed by atoms with van der Waals surface area (Å²) in [5.41, 5.74) is 9.31. The van der Waals surface area contributed by atoms with Crippen LogP contribution in [0.3, 0.4) is 0 Å². The monoisotopic (exact) mass is 508 g/mol. The summed E-state index contributed by atoms with van der Waals surface area (Å²) in [6, 6.07) is 30.3. The Morgan fingerprint density at radius 1 is 0.838 bits per heavy atom. The number of para-hydroxylation sites is 1. The second kappa shape index (κ2) is 10.2. The van der Waals surface area contributed by atoms with Crippen LogP contribution in [0.2, 0.25) is 0 Å². The largest absolute Gasteiger partial charge is 0.369 e. The molecule has 0 atom stereocenters. The Bertz CT molecular complexity index is 1670. The summed E-state index contributed by atoms with van der Waals surface area (Å²) in [7, 11) is -3.83. The zero-order valence-electron chi connectivity index (χ0n) is 19.9. The fraction of sp³-hybridized carbons (Fsp3) is 0.0690. The molecule has 5 rings (SSSR count). The highest BCUT2D eigenvalue weighted by molar-refractivity contribution is 7.92. The van der Waals surface area contributed by atoms with Crippen molar-refractivity contribution in [2.75, 3.05) is 10.7 Å². The summed E-state index contributed by atoms with van der Waals surface area (Å²) in [6.45, 7) is 0.575. The molecule has 0 aliphatic carbocycles. The van der Waals surface area contributed by atoms with Crippen LogP contribution in [0.5, 0.6) is 0 Å². The number of benzene rings is 3. The molecule has 0 aliphatic heterocycles. The topological polar surface area (TPSA) is 106 Å². The number of hydrogen-bond donors (Lipinski definition) is 1. The lowest BCUT2D eigenvalue weighted by molar-refractivity contribution is -0.115. The number of nitrogens with zero attached hydrogens (tertiary/aromatic N) is 3. The van der Waals surface area contributed by atoms with Crippen LogP contribution in [0.1, 0.15) is 5.69 Å². The van der Waals surface area contributed by atoms with Gasteiger partial charge in [-0.1, -0.05) is 48.5 Å². The molecule has 184 valence electrons. The minimum absolute atomic E-state index is 0.0325. The number of anilines is 2. The molecule has 0 spiro atoms. The summed E-state index contributed by atoms with van der Waals surface area (Å²) in [5.74, 6) is -1.63. The molecular formula is C29H24N4O3S. The van der Waals surface area contributed by atoms with Crippen molar-refractivity contribution >= 4 is 37.9 Å². The number of rotatable bonds is 8. The van der Waals surface area contributed by atoms with Crippen LogP contribution < -0.4 is 10.6 Å². The minimum atomic E-state index is -3.83. The molecule has 0 unspecified atom stereocenters. The van der Waals surface area contributed by atoms with E-state index in [0.717, 1.165) is 27.8 Å². The summed E-state index contributed by atoms with van der Waals surface area (Å²) in [5, 5.41) is 1.90. The standard InChI is InChI=1S/C29H24N4O3S/c30-29(34)20-37(35,36)25-13-6-9-22(16-25)27-17-21-8-7-14-28(26(21)18-32-27)33(24-11-2-1-3-12-24)19-23-10-4-5-15-31-23/h1-18H,19-20H2,(H2,30,34). The van der Waals surface area contributed by atoms with Crippen LogP contribution in [0.15, 0.2) is 114 Å². The Labute approximate surface area is 215 Å². The van der Waals surface area contributed by atoms with E-state index in [1.165, 1.54) is 12.1 Å². The first-order chi connectivity index (χ1) is 17.9. The van der Waals surface area contributed by atoms with Crippen molar-refractivity contribution in [1.82, 2.24) is 9.97 Å². The highest BCUT2D eigenvalue weighted by Crippen LogP contribution is 2.34. The van der Waals surface area contributed by atoms with Crippen LogP contribution in [-0.2, 0) is 21.2 Å². The van der Waals surface area contributed by atoms with Crippen molar-refractivity contribution in [3.05, 3.63) is 115 Å². The van der Waals surface area contributed by atoms with Crippen LogP contribution in [0.4, 0.5) is 11.4 Å². The molecule has 0 bridgehead atoms. The molecule has 3 aromatic carbocycles. The highest BCUT2D eigenvalue weighted by Gasteiger charge is 2.19. The van der Waals surface area contributed by atoms with Crippen molar-refractivity contribution in [2.45, 2.75) is 11.4 Å². The summed E-state index contributed by atoms with van der Waals surface area (Å²) in [6.07, 6.45) is 3.59. The maximum Gasteiger partial charge on any atom is 0.233 e. The number of amides is 1. The number of nitrogens with two attached hydrogens (primary N) is 1. The smallest absolute Gasteiger partial charge is 0.233 e. The van der Waals surface area contributed by atoms with Gasteiger partial charge in [0.05, 0.1) is 28.5 Å². The van der Waals surface area contributed by atoms with Gasteiger partial charge in [-0.05, 0) is 53.9 Å². The van der Waals surface area contributed by atoms with Crippen LogP contribution in [0, 0.1) is 0 Å². The molecule has 0 saturated heterocycles. The van der Waals surface area contributed by atoms with Gasteiger partial charge in [0.2, 0.25) is 5.91 Å². The fourth-order valence-corrected chi connectivity index (χ4v) is 5.38. The third-order valence-corrected chi connectivity index (χ3v) is 7.60. The second-order valence-electron chi connectivity index (χ2n) is 8.56. The number of fused-ring (bicyclic) bond motifs is 1. The number of sulfone groups is 1. The number of pyridine rings is 2. The van der Waals surface area contributed by atoms with E-state index in [0.29, 0.717) is 17.8 Å². The van der Waals surface area contributed by atoms with Gasteiger partial charge in [-0.25, -0.2) is 8.42 Å². The van der Waals surface area contributed by atoms with Gasteiger partial charge in [0.25, 0.3) is 0 Å². The Balaban J connectivity index is 1.57. The van der Waals surface area contributed by atoms with E-state index >= 15 is 0 Å². The fourth-order valence-electron chi connectivity index (χ4n) is 4.25. The van der Waals surface area contributed by atoms with Crippen molar-refractivity contribution in [3.8, 4) is 11.3 Å². The molecule has 1 amide bonds. The predicted molar refractivity (Wildman–Crippen MR) is 145 cm³/mol. The normalized spacial score (nSPS) is 11.4. The highest BCUT2D eigenvalue weighted by atomic mass is 32.2. The third-order valence-electron chi connectivity index (χ3n) is 5.97. The van der Waals surface area contributed by atoms with Gasteiger partial charge in [0, 0.05) is 29.0 Å². The van der Waals surface area contributed by atoms with Gasteiger partial charge in [0.1, 0.15) is 5.75 Å². The zero-order valence-corrected chi connectivity index (χ0v) is 20.7. The van der Waals surface area contributed by atoms with E-state index < -0.39 is 21.5 Å². The van der Waals surface area contributed by atoms with Gasteiger partial charge in [0.15, 0.2) is 9.84 Å². The third kappa shape index (κ3) is 5.34. The van der Waals surface area contributed by atoms with Gasteiger partial charge >= 0.3 is 0 Å². The quantitative estimate of drug-likeness (QED) is 0.320. The van der Waals surface area contributed by atoms with Crippen LogP contribution in [-0.4, -0.2) is 30.0 Å². The number of carbonyl (C=O) groups is 1. The van der Waals surface area contributed by atoms with E-state index in [1.807, 2.05) is 54.6 Å². The molecule has 0 aliphatic rings. The average molecular weight is 509 g/mol. The lowest BCUT2D eigenvalue weighted by Gasteiger charge is -2.26. The first-order valence-electron chi connectivity index (χ1n) is 11.6. The van der Waals surface area contributed by atoms with Crippen molar-refractivity contribution < 1.29 is 13.2 Å². The van der Waals surface area contributed by atoms with Crippen molar-refractivity contribution in [3.63, 3.8) is 0 Å². The average Bonchev–Trinajstić information content (AvgIpc) is 2.92. The Kier molecular flexibility index (Phi) is 6.66. The molecule has 5 aromatic rings. The van der Waals surface area contributed by atoms with E-state index in [1.54, 1.807) is 24.5 Å². The second-order valence-corrected chi connectivity index (χ2v) is 10.6. The van der Waals surface area contributed by atoms with Gasteiger partial charge in [-0.15, -0.1) is 0 Å². The molecule has 0 fully saturated rings. The van der Waals surface area contributed by atoms with Gasteiger partial charge in [-0.2, -0.15) is 0 Å². The molecular weight excluding hydrogens is 484 g/mol. The minimum Gasteiger partial charge on any atom is -0.369 e. The van der Waals surface area contributed by atoms with Crippen molar-refractivity contribution in [2.24, 2.45) is 5.73 Å². The molecule has 37 heavy (non-hydrogen) atoms. The maximum atomic E-state index is 12.5. The number of carbonyl (C=O) groups excluding carboxylic acids is 1. The molecule has 2 N–H and O–H groups in total. The first-order valence-corrected chi connectivity index (χ1v) is 13.3. The van der Waals surface area contributed by atoms with Gasteiger partial charge < -0.3 is 10.6 Å². The Morgan fingerprint density at radius 2 is 1.62 bits per heavy atom. The molecule has 2 aromatic heterocycles. The number of hydrogen-bond acceptors (Lipinski definition) is 6. The number of aromatic nitrogens is 2. The van der Waals surface area contributed by atoms with Crippen LogP contribution in [0.25, 0.3) is 22.0 Å². The summed E-state index contributed by atoms with van der Waals surface area (Å²) in [4.78, 5) is 22.6. The van der Waals surface area contributed by atoms with E-state index in [2.05, 4.69) is 33.1 Å². The molecule has 2 heterocycles. The molecule has 0 saturated carbocycles. The lowest BCUT2D eigenvalue weighted by Crippen LogP contribution is -2.23. The molecule has 7 nitrogen and oxygen atoms in total. The number of primary amides is 1. The molecule has 8 heteroatoms. The summed E-state index contributed by atoms with van der Waals surface area (Å²) >= 11 is 0.